The number of amides is 6. The molecule has 0 bridgehead atoms. The maximum atomic E-state index is 14.2. The molecule has 6 amide bonds. The summed E-state index contributed by atoms with van der Waals surface area (Å²) in [4.78, 5) is 104. The number of aliphatic hydroxyl groups is 1. The maximum absolute atomic E-state index is 14.2. The Bertz CT molecular complexity index is 1820. The average Bonchev–Trinajstić information content (AvgIpc) is 3.85. The SMILES string of the molecule is CCC(CC(C)(C)n1cncc1CC(NC(=O)C(CC(C)C)NC(=O)C1CCCN1C(C)=O)C(=O)NC(CO)C(=O)NC(C(N)=O)C(C)OP(=O)(O)O)c1ccccc1. The van der Waals surface area contributed by atoms with Gasteiger partial charge >= 0.3 is 7.82 Å². The zero-order valence-electron chi connectivity index (χ0n) is 34.8. The Hall–Kier alpha value is -4.68. The maximum Gasteiger partial charge on any atom is 0.469 e. The molecule has 1 aromatic carbocycles. The normalized spacial score (nSPS) is 17.6. The van der Waals surface area contributed by atoms with Crippen LogP contribution in [0.5, 0.6) is 0 Å². The van der Waals surface area contributed by atoms with Gasteiger partial charge in [0.15, 0.2) is 0 Å². The van der Waals surface area contributed by atoms with Gasteiger partial charge in [-0.3, -0.25) is 33.3 Å². The summed E-state index contributed by atoms with van der Waals surface area (Å²) >= 11 is 0. The molecule has 1 saturated heterocycles. The second kappa shape index (κ2) is 21.5. The van der Waals surface area contributed by atoms with Crippen LogP contribution in [0.4, 0.5) is 0 Å². The Morgan fingerprint density at radius 1 is 0.966 bits per heavy atom. The number of phosphoric ester groups is 1. The van der Waals surface area contributed by atoms with Gasteiger partial charge in [0.25, 0.3) is 0 Å². The number of hydrogen-bond donors (Lipinski definition) is 8. The van der Waals surface area contributed by atoms with Gasteiger partial charge in [0.1, 0.15) is 30.2 Å². The molecule has 0 spiro atoms. The van der Waals surface area contributed by atoms with E-state index in [1.165, 1.54) is 11.8 Å². The molecule has 0 radical (unpaired) electrons. The summed E-state index contributed by atoms with van der Waals surface area (Å²) in [5.74, 6) is -4.73. The molecule has 1 aliphatic heterocycles. The van der Waals surface area contributed by atoms with Crippen molar-refractivity contribution in [1.29, 1.82) is 0 Å². The number of benzene rings is 1. The largest absolute Gasteiger partial charge is 0.469 e. The summed E-state index contributed by atoms with van der Waals surface area (Å²) in [7, 11) is -5.12. The molecule has 7 unspecified atom stereocenters. The van der Waals surface area contributed by atoms with Gasteiger partial charge in [-0.25, -0.2) is 9.55 Å². The van der Waals surface area contributed by atoms with Gasteiger partial charge in [-0.05, 0) is 70.3 Å². The number of aliphatic hydroxyl groups excluding tert-OH is 1. The predicted molar refractivity (Wildman–Crippen MR) is 216 cm³/mol. The lowest BCUT2D eigenvalue weighted by molar-refractivity contribution is -0.139. The molecule has 328 valence electrons. The Morgan fingerprint density at radius 2 is 1.58 bits per heavy atom. The second-order valence-corrected chi connectivity index (χ2v) is 17.2. The van der Waals surface area contributed by atoms with Crippen molar-refractivity contribution >= 4 is 43.3 Å². The van der Waals surface area contributed by atoms with E-state index in [1.807, 2.05) is 50.5 Å². The number of nitrogens with one attached hydrogen (secondary N) is 4. The van der Waals surface area contributed by atoms with E-state index in [2.05, 4.69) is 49.8 Å². The van der Waals surface area contributed by atoms with E-state index in [-0.39, 0.29) is 30.6 Å². The summed E-state index contributed by atoms with van der Waals surface area (Å²) in [5, 5.41) is 20.3. The van der Waals surface area contributed by atoms with Gasteiger partial charge in [-0.2, -0.15) is 0 Å². The number of imidazole rings is 1. The minimum atomic E-state index is -5.12. The summed E-state index contributed by atoms with van der Waals surface area (Å²) < 4.78 is 17.8. The van der Waals surface area contributed by atoms with Crippen molar-refractivity contribution in [1.82, 2.24) is 35.7 Å². The van der Waals surface area contributed by atoms with Crippen LogP contribution in [0.2, 0.25) is 0 Å². The third-order valence-electron chi connectivity index (χ3n) is 10.4. The van der Waals surface area contributed by atoms with E-state index in [4.69, 9.17) is 5.73 Å². The van der Waals surface area contributed by atoms with Crippen LogP contribution in [0, 0.1) is 5.92 Å². The molecule has 9 N–H and O–H groups in total. The van der Waals surface area contributed by atoms with Gasteiger partial charge in [0.05, 0.1) is 19.0 Å². The molecule has 3 rings (SSSR count). The van der Waals surface area contributed by atoms with Crippen LogP contribution in [0.1, 0.15) is 97.7 Å². The average molecular weight is 849 g/mol. The number of nitrogens with zero attached hydrogens (tertiary/aromatic N) is 3. The van der Waals surface area contributed by atoms with Crippen LogP contribution >= 0.6 is 7.82 Å². The van der Waals surface area contributed by atoms with Gasteiger partial charge in [0.2, 0.25) is 35.4 Å². The number of aromatic nitrogens is 2. The Labute approximate surface area is 344 Å². The van der Waals surface area contributed by atoms with Gasteiger partial charge in [-0.1, -0.05) is 51.1 Å². The first-order valence-corrected chi connectivity index (χ1v) is 21.3. The fourth-order valence-electron chi connectivity index (χ4n) is 7.44. The number of likely N-dealkylation sites (tertiary alicyclic amines) is 1. The molecular weight excluding hydrogens is 787 g/mol. The summed E-state index contributed by atoms with van der Waals surface area (Å²) in [6.07, 6.45) is 4.13. The van der Waals surface area contributed by atoms with Gasteiger partial charge < -0.3 is 51.4 Å². The molecule has 1 fully saturated rings. The third kappa shape index (κ3) is 14.2. The standard InChI is InChI=1S/C39H61N8O11P/c1-8-26(27-13-10-9-11-14-27)19-39(6,7)47-22-41-20-28(47)18-30(36(52)44-31(21-48)37(53)45-33(34(40)50)24(4)58-59(55,56)57)42-35(51)29(17-23(2)3)43-38(54)32-15-12-16-46(32)25(5)49/h9-11,13-14,20,22-24,26,29-33,48H,8,12,15-19,21H2,1-7H3,(H2,40,50)(H,42,51)(H,43,54)(H,44,52)(H,45,53)(H2,55,56,57). The predicted octanol–water partition coefficient (Wildman–Crippen LogP) is 0.716. The van der Waals surface area contributed by atoms with E-state index in [1.54, 1.807) is 12.5 Å². The highest BCUT2D eigenvalue weighted by molar-refractivity contribution is 7.46. The number of carbonyl (C=O) groups excluding carboxylic acids is 6. The zero-order chi connectivity index (χ0) is 44.2. The minimum absolute atomic E-state index is 0.0956. The van der Waals surface area contributed by atoms with E-state index in [0.29, 0.717) is 31.5 Å². The van der Waals surface area contributed by atoms with E-state index in [0.717, 1.165) is 18.9 Å². The highest BCUT2D eigenvalue weighted by Crippen LogP contribution is 2.38. The fraction of sp³-hybridized carbons (Fsp3) is 0.615. The van der Waals surface area contributed by atoms with E-state index < -0.39 is 85.8 Å². The Kier molecular flexibility index (Phi) is 17.8. The first kappa shape index (κ1) is 48.7. The van der Waals surface area contributed by atoms with E-state index >= 15 is 0 Å². The highest BCUT2D eigenvalue weighted by atomic mass is 31.2. The van der Waals surface area contributed by atoms with Crippen molar-refractivity contribution in [3.05, 3.63) is 54.1 Å². The Balaban J connectivity index is 1.96. The molecule has 19 nitrogen and oxygen atoms in total. The topological polar surface area (TPSA) is 285 Å². The van der Waals surface area contributed by atoms with Crippen molar-refractivity contribution in [2.45, 2.75) is 135 Å². The molecule has 0 saturated carbocycles. The molecule has 1 aliphatic rings. The quantitative estimate of drug-likeness (QED) is 0.0761. The summed E-state index contributed by atoms with van der Waals surface area (Å²) in [5.41, 5.74) is 6.50. The third-order valence-corrected chi connectivity index (χ3v) is 11.0. The number of rotatable bonds is 22. The van der Waals surface area contributed by atoms with Crippen LogP contribution in [0.3, 0.4) is 0 Å². The molecule has 2 aromatic rings. The Morgan fingerprint density at radius 3 is 2.14 bits per heavy atom. The highest BCUT2D eigenvalue weighted by Gasteiger charge is 2.38. The van der Waals surface area contributed by atoms with Crippen LogP contribution in [-0.4, -0.2) is 114 Å². The number of hydrogen-bond acceptors (Lipinski definition) is 10. The summed E-state index contributed by atoms with van der Waals surface area (Å²) in [6, 6.07) is 3.19. The first-order valence-electron chi connectivity index (χ1n) is 19.8. The van der Waals surface area contributed by atoms with Crippen molar-refractivity contribution in [2.24, 2.45) is 11.7 Å². The van der Waals surface area contributed by atoms with Gasteiger partial charge in [0, 0.05) is 37.3 Å². The molecule has 0 aliphatic carbocycles. The smallest absolute Gasteiger partial charge is 0.394 e. The fourth-order valence-corrected chi connectivity index (χ4v) is 7.99. The minimum Gasteiger partial charge on any atom is -0.394 e. The van der Waals surface area contributed by atoms with Crippen LogP contribution in [0.25, 0.3) is 0 Å². The monoisotopic (exact) mass is 848 g/mol. The van der Waals surface area contributed by atoms with Crippen molar-refractivity contribution < 1.29 is 52.7 Å². The number of nitrogens with two attached hydrogens (primary N) is 1. The van der Waals surface area contributed by atoms with Crippen molar-refractivity contribution in [3.8, 4) is 0 Å². The molecule has 1 aromatic heterocycles. The number of phosphoric acid groups is 1. The lowest BCUT2D eigenvalue weighted by atomic mass is 9.84. The van der Waals surface area contributed by atoms with Crippen molar-refractivity contribution in [3.63, 3.8) is 0 Å². The zero-order valence-corrected chi connectivity index (χ0v) is 35.7. The van der Waals surface area contributed by atoms with Gasteiger partial charge in [-0.15, -0.1) is 0 Å². The number of primary amides is 1. The van der Waals surface area contributed by atoms with Crippen LogP contribution in [-0.2, 0) is 49.8 Å². The van der Waals surface area contributed by atoms with Crippen LogP contribution < -0.4 is 27.0 Å². The lowest BCUT2D eigenvalue weighted by Gasteiger charge is -2.33. The summed E-state index contributed by atoms with van der Waals surface area (Å²) in [6.45, 7) is 11.7. The second-order valence-electron chi connectivity index (χ2n) is 16.0. The molecule has 2 heterocycles. The van der Waals surface area contributed by atoms with E-state index in [9.17, 15) is 48.2 Å². The number of carbonyl (C=O) groups is 6. The molecule has 59 heavy (non-hydrogen) atoms. The molecule has 20 heteroatoms. The van der Waals surface area contributed by atoms with Crippen LogP contribution in [0.15, 0.2) is 42.9 Å². The lowest BCUT2D eigenvalue weighted by Crippen LogP contribution is -2.61. The molecular formula is C39H61N8O11P. The first-order chi connectivity index (χ1) is 27.6. The van der Waals surface area contributed by atoms with Crippen molar-refractivity contribution in [2.75, 3.05) is 13.2 Å². The molecule has 7 atom stereocenters.